The normalized spacial score (nSPS) is 11.0. The van der Waals surface area contributed by atoms with Crippen LogP contribution in [-0.2, 0) is 10.1 Å². The highest BCUT2D eigenvalue weighted by molar-refractivity contribution is 7.85. The van der Waals surface area contributed by atoms with Gasteiger partial charge in [-0.25, -0.2) is 13.4 Å². The molecule has 0 aliphatic rings. The Bertz CT molecular complexity index is 972. The summed E-state index contributed by atoms with van der Waals surface area (Å²) in [4.78, 5) is 3.22. The standard InChI is InChI=1S/C13H9N.C6H6O3S/c1-3-7-12-10(5-1)9-11-6-2-4-8-13(11)14-12;7-10(8,9)6-4-2-1-3-5-6/h1-9H;1-5H,(H,7,8,9). The summed E-state index contributed by atoms with van der Waals surface area (Å²) in [6.45, 7) is 0. The molecule has 0 unspecified atom stereocenters. The predicted octanol–water partition coefficient (Wildman–Crippen LogP) is 3.40. The number of fused-ring (bicyclic) bond motifs is 2. The van der Waals surface area contributed by atoms with Crippen LogP contribution in [-0.4, -0.2) is 13.0 Å². The van der Waals surface area contributed by atoms with Gasteiger partial charge in [0.15, 0.2) is 0 Å². The second-order valence-electron chi connectivity index (χ2n) is 5.21. The lowest BCUT2D eigenvalue weighted by molar-refractivity contribution is -0.310. The van der Waals surface area contributed by atoms with Crippen molar-refractivity contribution in [3.63, 3.8) is 0 Å². The van der Waals surface area contributed by atoms with Gasteiger partial charge in [-0.1, -0.05) is 42.5 Å². The number of para-hydroxylation sites is 2. The van der Waals surface area contributed by atoms with E-state index in [1.165, 1.54) is 46.1 Å². The second-order valence-corrected chi connectivity index (χ2v) is 6.59. The van der Waals surface area contributed by atoms with Gasteiger partial charge in [0.1, 0.15) is 10.1 Å². The molecule has 1 N–H and O–H groups in total. The van der Waals surface area contributed by atoms with Crippen molar-refractivity contribution >= 4 is 31.9 Å². The molecule has 0 amide bonds. The third kappa shape index (κ3) is 3.76. The molecule has 24 heavy (non-hydrogen) atoms. The summed E-state index contributed by atoms with van der Waals surface area (Å²) in [5.41, 5.74) is 2.37. The summed E-state index contributed by atoms with van der Waals surface area (Å²) < 4.78 is 30.8. The predicted molar refractivity (Wildman–Crippen MR) is 92.4 cm³/mol. The third-order valence-electron chi connectivity index (χ3n) is 3.53. The van der Waals surface area contributed by atoms with E-state index in [0.717, 1.165) is 0 Å². The lowest BCUT2D eigenvalue weighted by atomic mass is 10.1. The van der Waals surface area contributed by atoms with Gasteiger partial charge in [0, 0.05) is 22.9 Å². The van der Waals surface area contributed by atoms with E-state index in [1.807, 2.05) is 12.1 Å². The van der Waals surface area contributed by atoms with Crippen LogP contribution in [0.3, 0.4) is 0 Å². The number of aromatic nitrogens is 1. The van der Waals surface area contributed by atoms with E-state index >= 15 is 0 Å². The quantitative estimate of drug-likeness (QED) is 0.395. The van der Waals surface area contributed by atoms with Gasteiger partial charge >= 0.3 is 0 Å². The fraction of sp³-hybridized carbons (Fsp3) is 0. The molecule has 0 radical (unpaired) electrons. The fourth-order valence-electron chi connectivity index (χ4n) is 2.37. The zero-order chi connectivity index (χ0) is 17.0. The molecule has 0 saturated heterocycles. The van der Waals surface area contributed by atoms with Crippen LogP contribution in [0.5, 0.6) is 0 Å². The lowest BCUT2D eigenvalue weighted by Gasteiger charge is -2.04. The minimum absolute atomic E-state index is 0.185. The van der Waals surface area contributed by atoms with Crippen molar-refractivity contribution in [1.82, 2.24) is 0 Å². The first-order chi connectivity index (χ1) is 11.5. The van der Waals surface area contributed by atoms with Crippen molar-refractivity contribution in [2.45, 2.75) is 4.90 Å². The fourth-order valence-corrected chi connectivity index (χ4v) is 2.86. The number of rotatable bonds is 1. The number of H-pyrrole nitrogens is 1. The molecule has 5 heteroatoms. The van der Waals surface area contributed by atoms with E-state index < -0.39 is 10.1 Å². The molecule has 4 nitrogen and oxygen atoms in total. The van der Waals surface area contributed by atoms with Crippen LogP contribution in [0.4, 0.5) is 0 Å². The van der Waals surface area contributed by atoms with Crippen LogP contribution < -0.4 is 4.98 Å². The van der Waals surface area contributed by atoms with E-state index in [9.17, 15) is 13.0 Å². The SMILES string of the molecule is O=S(=O)([O-])c1ccccc1.c1ccc2[nH+]c3ccccc3cc2c1. The molecular weight excluding hydrogens is 322 g/mol. The van der Waals surface area contributed by atoms with Crippen LogP contribution in [0.25, 0.3) is 21.8 Å². The molecule has 0 bridgehead atoms. The lowest BCUT2D eigenvalue weighted by Crippen LogP contribution is -2.04. The molecule has 0 spiro atoms. The second kappa shape index (κ2) is 6.78. The topological polar surface area (TPSA) is 71.3 Å². The summed E-state index contributed by atoms with van der Waals surface area (Å²) in [6.07, 6.45) is 0. The first-order valence-corrected chi connectivity index (χ1v) is 8.76. The largest absolute Gasteiger partial charge is 0.744 e. The molecule has 1 aromatic heterocycles. The van der Waals surface area contributed by atoms with Crippen molar-refractivity contribution in [3.05, 3.63) is 84.9 Å². The number of pyridine rings is 1. The molecule has 0 fully saturated rings. The summed E-state index contributed by atoms with van der Waals surface area (Å²) in [5.74, 6) is 0. The Hall–Kier alpha value is -2.76. The number of aromatic amines is 1. The van der Waals surface area contributed by atoms with Crippen LogP contribution in [0.1, 0.15) is 0 Å². The molecule has 1 heterocycles. The molecule has 120 valence electrons. The van der Waals surface area contributed by atoms with Gasteiger partial charge in [-0.3, -0.25) is 0 Å². The van der Waals surface area contributed by atoms with Crippen molar-refractivity contribution in [2.75, 3.05) is 0 Å². The maximum atomic E-state index is 10.3. The van der Waals surface area contributed by atoms with Gasteiger partial charge in [-0.2, -0.15) is 0 Å². The Morgan fingerprint density at radius 1 is 0.667 bits per heavy atom. The Morgan fingerprint density at radius 3 is 1.58 bits per heavy atom. The van der Waals surface area contributed by atoms with Gasteiger partial charge in [-0.15, -0.1) is 0 Å². The minimum atomic E-state index is -4.25. The van der Waals surface area contributed by atoms with Crippen LogP contribution in [0.2, 0.25) is 0 Å². The highest BCUT2D eigenvalue weighted by Crippen LogP contribution is 2.15. The zero-order valence-electron chi connectivity index (χ0n) is 12.7. The zero-order valence-corrected chi connectivity index (χ0v) is 13.5. The maximum absolute atomic E-state index is 10.3. The van der Waals surface area contributed by atoms with E-state index in [4.69, 9.17) is 0 Å². The van der Waals surface area contributed by atoms with E-state index in [2.05, 4.69) is 47.4 Å². The Labute approximate surface area is 140 Å². The molecule has 0 aliphatic heterocycles. The van der Waals surface area contributed by atoms with Gasteiger partial charge in [0.25, 0.3) is 0 Å². The number of hydrogen-bond donors (Lipinski definition) is 0. The summed E-state index contributed by atoms with van der Waals surface area (Å²) >= 11 is 0. The van der Waals surface area contributed by atoms with Gasteiger partial charge in [0.05, 0.1) is 4.90 Å². The average molecular weight is 337 g/mol. The minimum Gasteiger partial charge on any atom is -0.744 e. The van der Waals surface area contributed by atoms with E-state index in [0.29, 0.717) is 0 Å². The molecule has 4 rings (SSSR count). The first kappa shape index (κ1) is 16.1. The van der Waals surface area contributed by atoms with Crippen LogP contribution >= 0.6 is 0 Å². The van der Waals surface area contributed by atoms with Crippen molar-refractivity contribution < 1.29 is 18.0 Å². The Kier molecular flexibility index (Phi) is 4.55. The first-order valence-electron chi connectivity index (χ1n) is 7.35. The van der Waals surface area contributed by atoms with Crippen LogP contribution in [0, 0.1) is 0 Å². The van der Waals surface area contributed by atoms with Crippen molar-refractivity contribution in [1.29, 1.82) is 0 Å². The average Bonchev–Trinajstić information content (AvgIpc) is 2.60. The van der Waals surface area contributed by atoms with E-state index in [-0.39, 0.29) is 4.90 Å². The highest BCUT2D eigenvalue weighted by Gasteiger charge is 2.03. The molecule has 0 atom stereocenters. The molecular formula is C19H15NO3S. The highest BCUT2D eigenvalue weighted by atomic mass is 32.2. The van der Waals surface area contributed by atoms with Crippen molar-refractivity contribution in [3.8, 4) is 0 Å². The maximum Gasteiger partial charge on any atom is 0.211 e. The summed E-state index contributed by atoms with van der Waals surface area (Å²) in [6, 6.07) is 26.1. The van der Waals surface area contributed by atoms with Gasteiger partial charge < -0.3 is 4.55 Å². The number of hydrogen-bond acceptors (Lipinski definition) is 3. The third-order valence-corrected chi connectivity index (χ3v) is 4.38. The monoisotopic (exact) mass is 337 g/mol. The Balaban J connectivity index is 0.000000150. The van der Waals surface area contributed by atoms with Crippen molar-refractivity contribution in [2.24, 2.45) is 0 Å². The van der Waals surface area contributed by atoms with Gasteiger partial charge in [-0.05, 0) is 30.3 Å². The smallest absolute Gasteiger partial charge is 0.211 e. The van der Waals surface area contributed by atoms with E-state index in [1.54, 1.807) is 6.07 Å². The summed E-state index contributed by atoms with van der Waals surface area (Å²) in [5, 5.41) is 2.51. The Morgan fingerprint density at radius 2 is 1.12 bits per heavy atom. The molecule has 0 aliphatic carbocycles. The molecule has 3 aromatic carbocycles. The number of nitrogens with one attached hydrogen (secondary N) is 1. The van der Waals surface area contributed by atoms with Gasteiger partial charge in [0.2, 0.25) is 11.0 Å². The number of benzene rings is 3. The molecule has 4 aromatic rings. The van der Waals surface area contributed by atoms with Crippen LogP contribution in [0.15, 0.2) is 89.8 Å². The summed E-state index contributed by atoms with van der Waals surface area (Å²) in [7, 11) is -4.25. The molecule has 0 saturated carbocycles.